The Morgan fingerprint density at radius 3 is 2.58 bits per heavy atom. The van der Waals surface area contributed by atoms with Crippen molar-refractivity contribution >= 4 is 17.2 Å². The maximum atomic E-state index is 13.2. The Hall–Kier alpha value is -2.62. The number of anilines is 1. The number of hydrazone groups is 1. The number of hydrogen-bond donors (Lipinski definition) is 0. The van der Waals surface area contributed by atoms with Crippen molar-refractivity contribution in [2.75, 3.05) is 12.1 Å². The second-order valence-electron chi connectivity index (χ2n) is 6.81. The number of ketones is 1. The van der Waals surface area contributed by atoms with Gasteiger partial charge in [-0.1, -0.05) is 12.1 Å². The quantitative estimate of drug-likeness (QED) is 0.867. The van der Waals surface area contributed by atoms with Crippen LogP contribution in [0, 0.1) is 5.92 Å². The van der Waals surface area contributed by atoms with Crippen molar-refractivity contribution in [3.8, 4) is 5.75 Å². The highest BCUT2D eigenvalue weighted by molar-refractivity contribution is 6.20. The molecule has 0 saturated heterocycles. The molecule has 0 aromatic heterocycles. The second kappa shape index (κ2) is 4.69. The number of carbonyl (C=O) groups excluding carboxylic acids is 1. The molecule has 120 valence electrons. The molecule has 2 aromatic rings. The van der Waals surface area contributed by atoms with Crippen LogP contribution in [0.1, 0.15) is 35.2 Å². The Kier molecular flexibility index (Phi) is 2.70. The van der Waals surface area contributed by atoms with E-state index in [2.05, 4.69) is 0 Å². The molecule has 2 aliphatic heterocycles. The lowest BCUT2D eigenvalue weighted by molar-refractivity contribution is 0.0892. The van der Waals surface area contributed by atoms with Crippen molar-refractivity contribution in [1.82, 2.24) is 0 Å². The normalized spacial score (nSPS) is 24.6. The Morgan fingerprint density at radius 1 is 1.12 bits per heavy atom. The molecule has 4 nitrogen and oxygen atoms in total. The number of fused-ring (bicyclic) bond motifs is 3. The van der Waals surface area contributed by atoms with Gasteiger partial charge in [0.15, 0.2) is 5.78 Å². The molecule has 2 aromatic carbocycles. The predicted octanol–water partition coefficient (Wildman–Crippen LogP) is 3.65. The molecule has 1 atom stereocenters. The molecule has 5 rings (SSSR count). The van der Waals surface area contributed by atoms with Gasteiger partial charge in [0.2, 0.25) is 0 Å². The molecule has 0 radical (unpaired) electrons. The molecule has 0 spiro atoms. The van der Waals surface area contributed by atoms with E-state index in [0.29, 0.717) is 12.3 Å². The maximum Gasteiger partial charge on any atom is 0.193 e. The van der Waals surface area contributed by atoms with Crippen LogP contribution in [0.25, 0.3) is 0 Å². The number of methoxy groups -OCH3 is 1. The first-order valence-corrected chi connectivity index (χ1v) is 8.40. The fourth-order valence-electron chi connectivity index (χ4n) is 4.11. The monoisotopic (exact) mass is 318 g/mol. The van der Waals surface area contributed by atoms with Crippen LogP contribution >= 0.6 is 0 Å². The van der Waals surface area contributed by atoms with Crippen LogP contribution in [-0.2, 0) is 0 Å². The first-order valence-electron chi connectivity index (χ1n) is 8.40. The van der Waals surface area contributed by atoms with Gasteiger partial charge in [-0.3, -0.25) is 4.79 Å². The standard InChI is InChI=1S/C20H18N2O2/c1-24-15-10-6-13(7-11-15)17-12-20(14-8-9-14)19(23)16-4-2-3-5-18(16)22(20)21-17/h2-7,10-11,14H,8-9,12H2,1H3. The average molecular weight is 318 g/mol. The molecule has 1 aliphatic carbocycles. The molecular formula is C20H18N2O2. The molecule has 0 amide bonds. The minimum absolute atomic E-state index is 0.243. The summed E-state index contributed by atoms with van der Waals surface area (Å²) in [5.74, 6) is 1.49. The number of para-hydroxylation sites is 1. The summed E-state index contributed by atoms with van der Waals surface area (Å²) in [7, 11) is 1.66. The summed E-state index contributed by atoms with van der Waals surface area (Å²) < 4.78 is 5.23. The van der Waals surface area contributed by atoms with Gasteiger partial charge in [0.05, 0.1) is 18.5 Å². The van der Waals surface area contributed by atoms with Gasteiger partial charge < -0.3 is 4.74 Å². The third kappa shape index (κ3) is 1.68. The molecule has 1 saturated carbocycles. The van der Waals surface area contributed by atoms with E-state index >= 15 is 0 Å². The van der Waals surface area contributed by atoms with Crippen LogP contribution < -0.4 is 9.75 Å². The van der Waals surface area contributed by atoms with E-state index in [9.17, 15) is 4.79 Å². The summed E-state index contributed by atoms with van der Waals surface area (Å²) in [5.41, 5.74) is 3.35. The highest BCUT2D eigenvalue weighted by atomic mass is 16.5. The van der Waals surface area contributed by atoms with Crippen LogP contribution in [0.2, 0.25) is 0 Å². The Morgan fingerprint density at radius 2 is 1.88 bits per heavy atom. The van der Waals surface area contributed by atoms with E-state index in [1.165, 1.54) is 0 Å². The number of ether oxygens (including phenoxy) is 1. The average Bonchev–Trinajstić information content (AvgIpc) is 3.37. The van der Waals surface area contributed by atoms with E-state index < -0.39 is 5.54 Å². The van der Waals surface area contributed by atoms with Crippen LogP contribution in [0.3, 0.4) is 0 Å². The summed E-state index contributed by atoms with van der Waals surface area (Å²) in [4.78, 5) is 13.2. The van der Waals surface area contributed by atoms with Crippen molar-refractivity contribution in [3.05, 3.63) is 59.7 Å². The van der Waals surface area contributed by atoms with Crippen molar-refractivity contribution in [1.29, 1.82) is 0 Å². The summed E-state index contributed by atoms with van der Waals surface area (Å²) >= 11 is 0. The molecule has 4 heteroatoms. The van der Waals surface area contributed by atoms with Gasteiger partial charge in [-0.25, -0.2) is 5.01 Å². The number of hydrogen-bond acceptors (Lipinski definition) is 4. The van der Waals surface area contributed by atoms with Gasteiger partial charge in [0.25, 0.3) is 0 Å². The highest BCUT2D eigenvalue weighted by Crippen LogP contribution is 2.55. The first-order chi connectivity index (χ1) is 11.7. The predicted molar refractivity (Wildman–Crippen MR) is 92.9 cm³/mol. The first kappa shape index (κ1) is 13.8. The summed E-state index contributed by atoms with van der Waals surface area (Å²) in [5, 5.41) is 6.91. The second-order valence-corrected chi connectivity index (χ2v) is 6.81. The minimum Gasteiger partial charge on any atom is -0.497 e. The third-order valence-corrected chi connectivity index (χ3v) is 5.48. The highest BCUT2D eigenvalue weighted by Gasteiger charge is 2.62. The van der Waals surface area contributed by atoms with Crippen molar-refractivity contribution in [3.63, 3.8) is 0 Å². The van der Waals surface area contributed by atoms with E-state index in [-0.39, 0.29) is 5.78 Å². The zero-order valence-corrected chi connectivity index (χ0v) is 13.5. The Labute approximate surface area is 140 Å². The van der Waals surface area contributed by atoms with Crippen LogP contribution in [-0.4, -0.2) is 24.1 Å². The lowest BCUT2D eigenvalue weighted by Crippen LogP contribution is -2.47. The summed E-state index contributed by atoms with van der Waals surface area (Å²) in [6.45, 7) is 0. The molecule has 3 aliphatic rings. The molecular weight excluding hydrogens is 300 g/mol. The SMILES string of the molecule is COc1ccc(C2=NN3c4ccccc4C(=O)C3(C3CC3)C2)cc1. The molecule has 1 fully saturated rings. The fraction of sp³-hybridized carbons (Fsp3) is 0.300. The Balaban J connectivity index is 1.61. The lowest BCUT2D eigenvalue weighted by atomic mass is 9.82. The van der Waals surface area contributed by atoms with Gasteiger partial charge in [-0.2, -0.15) is 5.10 Å². The topological polar surface area (TPSA) is 41.9 Å². The third-order valence-electron chi connectivity index (χ3n) is 5.48. The zero-order valence-electron chi connectivity index (χ0n) is 13.5. The van der Waals surface area contributed by atoms with Crippen molar-refractivity contribution < 1.29 is 9.53 Å². The molecule has 0 bridgehead atoms. The number of nitrogens with zero attached hydrogens (tertiary/aromatic N) is 2. The van der Waals surface area contributed by atoms with E-state index in [1.54, 1.807) is 7.11 Å². The lowest BCUT2D eigenvalue weighted by Gasteiger charge is -2.29. The minimum atomic E-state index is -0.487. The van der Waals surface area contributed by atoms with Crippen molar-refractivity contribution in [2.24, 2.45) is 11.0 Å². The Bertz CT molecular complexity index is 867. The molecule has 0 N–H and O–H groups in total. The van der Waals surface area contributed by atoms with E-state index in [1.807, 2.05) is 53.5 Å². The van der Waals surface area contributed by atoms with Gasteiger partial charge in [-0.05, 0) is 60.7 Å². The molecule has 2 heterocycles. The van der Waals surface area contributed by atoms with E-state index in [4.69, 9.17) is 9.84 Å². The number of carbonyl (C=O) groups is 1. The van der Waals surface area contributed by atoms with Gasteiger partial charge in [-0.15, -0.1) is 0 Å². The summed E-state index contributed by atoms with van der Waals surface area (Å²) in [6.07, 6.45) is 2.92. The summed E-state index contributed by atoms with van der Waals surface area (Å²) in [6, 6.07) is 15.8. The van der Waals surface area contributed by atoms with Crippen LogP contribution in [0.15, 0.2) is 53.6 Å². The number of Topliss-reactive ketones (excluding diaryl/α,β-unsaturated/α-hetero) is 1. The van der Waals surface area contributed by atoms with Crippen LogP contribution in [0.4, 0.5) is 5.69 Å². The number of rotatable bonds is 3. The molecule has 24 heavy (non-hydrogen) atoms. The maximum absolute atomic E-state index is 13.2. The van der Waals surface area contributed by atoms with Gasteiger partial charge >= 0.3 is 0 Å². The largest absolute Gasteiger partial charge is 0.497 e. The van der Waals surface area contributed by atoms with Gasteiger partial charge in [0.1, 0.15) is 11.3 Å². The van der Waals surface area contributed by atoms with Crippen LogP contribution in [0.5, 0.6) is 5.75 Å². The van der Waals surface area contributed by atoms with Gasteiger partial charge in [0, 0.05) is 12.0 Å². The fourth-order valence-corrected chi connectivity index (χ4v) is 4.11. The van der Waals surface area contributed by atoms with Crippen molar-refractivity contribution in [2.45, 2.75) is 24.8 Å². The molecule has 1 unspecified atom stereocenters. The number of benzene rings is 2. The zero-order chi connectivity index (χ0) is 16.3. The van der Waals surface area contributed by atoms with E-state index in [0.717, 1.165) is 41.1 Å². The smallest absolute Gasteiger partial charge is 0.193 e.